The first-order valence-corrected chi connectivity index (χ1v) is 6.18. The molecule has 0 aliphatic rings. The lowest BCUT2D eigenvalue weighted by Gasteiger charge is -2.08. The van der Waals surface area contributed by atoms with Crippen molar-refractivity contribution in [3.05, 3.63) is 42.1 Å². The molecule has 0 unspecified atom stereocenters. The van der Waals surface area contributed by atoms with Gasteiger partial charge in [-0.05, 0) is 23.8 Å². The maximum Gasteiger partial charge on any atom is 0.222 e. The highest BCUT2D eigenvalue weighted by molar-refractivity contribution is 5.86. The minimum atomic E-state index is 0.192. The fourth-order valence-corrected chi connectivity index (χ4v) is 2.21. The molecule has 0 bridgehead atoms. The van der Waals surface area contributed by atoms with Crippen molar-refractivity contribution < 1.29 is 4.74 Å². The van der Waals surface area contributed by atoms with Crippen molar-refractivity contribution in [3.63, 3.8) is 0 Å². The summed E-state index contributed by atoms with van der Waals surface area (Å²) in [6, 6.07) is 9.77. The number of hydrogen-bond acceptors (Lipinski definition) is 5. The van der Waals surface area contributed by atoms with Crippen molar-refractivity contribution in [2.75, 3.05) is 18.6 Å². The van der Waals surface area contributed by atoms with Crippen LogP contribution in [0.25, 0.3) is 11.0 Å². The second kappa shape index (κ2) is 4.73. The van der Waals surface area contributed by atoms with Gasteiger partial charge in [0, 0.05) is 12.7 Å². The van der Waals surface area contributed by atoms with E-state index < -0.39 is 0 Å². The van der Waals surface area contributed by atoms with Crippen LogP contribution in [0.5, 0.6) is 5.75 Å². The lowest BCUT2D eigenvalue weighted by atomic mass is 10.2. The fraction of sp³-hybridized carbons (Fsp3) is 0.143. The van der Waals surface area contributed by atoms with Crippen LogP contribution in [0.4, 0.5) is 11.8 Å². The van der Waals surface area contributed by atoms with Gasteiger partial charge in [-0.1, -0.05) is 12.1 Å². The average molecular weight is 269 g/mol. The molecule has 0 aliphatic heterocycles. The third kappa shape index (κ3) is 2.11. The second-order valence-electron chi connectivity index (χ2n) is 4.49. The number of anilines is 2. The van der Waals surface area contributed by atoms with Gasteiger partial charge in [0.15, 0.2) is 5.82 Å². The molecule has 0 saturated carbocycles. The van der Waals surface area contributed by atoms with E-state index in [1.165, 1.54) is 0 Å². The van der Waals surface area contributed by atoms with Crippen LogP contribution in [-0.4, -0.2) is 21.6 Å². The molecule has 2 aromatic heterocycles. The van der Waals surface area contributed by atoms with Crippen LogP contribution < -0.4 is 16.2 Å². The van der Waals surface area contributed by atoms with Crippen LogP contribution >= 0.6 is 0 Å². The Morgan fingerprint density at radius 1 is 1.10 bits per heavy atom. The molecule has 4 N–H and O–H groups in total. The van der Waals surface area contributed by atoms with Gasteiger partial charge in [0.25, 0.3) is 0 Å². The number of fused-ring (bicyclic) bond motifs is 1. The summed E-state index contributed by atoms with van der Waals surface area (Å²) >= 11 is 0. The maximum absolute atomic E-state index is 5.93. The van der Waals surface area contributed by atoms with Crippen molar-refractivity contribution in [1.82, 2.24) is 14.5 Å². The molecule has 0 radical (unpaired) electrons. The van der Waals surface area contributed by atoms with E-state index in [2.05, 4.69) is 9.97 Å². The highest BCUT2D eigenvalue weighted by Crippen LogP contribution is 2.21. The van der Waals surface area contributed by atoms with Crippen LogP contribution in [0.3, 0.4) is 0 Å². The Morgan fingerprint density at radius 2 is 1.85 bits per heavy atom. The minimum Gasteiger partial charge on any atom is -0.497 e. The summed E-state index contributed by atoms with van der Waals surface area (Å²) in [5, 5.41) is 0. The van der Waals surface area contributed by atoms with Gasteiger partial charge in [-0.25, -0.2) is 4.98 Å². The Balaban J connectivity index is 1.98. The Bertz CT molecular complexity index is 748. The molecule has 6 heteroatoms. The number of ether oxygens (including phenoxy) is 1. The largest absolute Gasteiger partial charge is 0.497 e. The molecule has 0 amide bonds. The standard InChI is InChI=1S/C14H15N5O/c1-20-10-4-2-9(3-5-10)8-19-7-6-11-12(19)13(15)18-14(16)17-11/h2-7H,8H2,1H3,(H4,15,16,17,18). The van der Waals surface area contributed by atoms with Crippen molar-refractivity contribution in [3.8, 4) is 5.75 Å². The van der Waals surface area contributed by atoms with E-state index >= 15 is 0 Å². The molecule has 0 fully saturated rings. The first-order chi connectivity index (χ1) is 9.67. The van der Waals surface area contributed by atoms with Crippen LogP contribution in [0.1, 0.15) is 5.56 Å². The quantitative estimate of drug-likeness (QED) is 0.754. The summed E-state index contributed by atoms with van der Waals surface area (Å²) in [5.41, 5.74) is 14.2. The Morgan fingerprint density at radius 3 is 2.55 bits per heavy atom. The number of rotatable bonds is 3. The predicted octanol–water partition coefficient (Wildman–Crippen LogP) is 1.65. The molecule has 3 aromatic rings. The van der Waals surface area contributed by atoms with Gasteiger partial charge >= 0.3 is 0 Å². The Kier molecular flexibility index (Phi) is 2.90. The first kappa shape index (κ1) is 12.3. The van der Waals surface area contributed by atoms with Gasteiger partial charge in [0.1, 0.15) is 11.3 Å². The summed E-state index contributed by atoms with van der Waals surface area (Å²) in [6.07, 6.45) is 1.93. The monoisotopic (exact) mass is 269 g/mol. The normalized spacial score (nSPS) is 10.8. The summed E-state index contributed by atoms with van der Waals surface area (Å²) in [6.45, 7) is 0.685. The Labute approximate surface area is 116 Å². The van der Waals surface area contributed by atoms with E-state index in [1.54, 1.807) is 7.11 Å². The second-order valence-corrected chi connectivity index (χ2v) is 4.49. The summed E-state index contributed by atoms with van der Waals surface area (Å²) in [5.74, 6) is 1.42. The molecule has 0 saturated heterocycles. The molecular formula is C14H15N5O. The minimum absolute atomic E-state index is 0.192. The van der Waals surface area contributed by atoms with E-state index in [0.717, 1.165) is 22.3 Å². The molecule has 20 heavy (non-hydrogen) atoms. The van der Waals surface area contributed by atoms with E-state index in [1.807, 2.05) is 41.1 Å². The number of nitrogen functional groups attached to an aromatic ring is 2. The summed E-state index contributed by atoms with van der Waals surface area (Å²) in [4.78, 5) is 8.18. The Hall–Kier alpha value is -2.76. The third-order valence-corrected chi connectivity index (χ3v) is 3.17. The topological polar surface area (TPSA) is 92.0 Å². The average Bonchev–Trinajstić information content (AvgIpc) is 2.82. The number of hydrogen-bond donors (Lipinski definition) is 2. The molecule has 2 heterocycles. The smallest absolute Gasteiger partial charge is 0.222 e. The first-order valence-electron chi connectivity index (χ1n) is 6.18. The van der Waals surface area contributed by atoms with Gasteiger partial charge in [-0.3, -0.25) is 0 Å². The van der Waals surface area contributed by atoms with Crippen molar-refractivity contribution >= 4 is 22.8 Å². The van der Waals surface area contributed by atoms with Crippen molar-refractivity contribution in [2.24, 2.45) is 0 Å². The van der Waals surface area contributed by atoms with E-state index in [9.17, 15) is 0 Å². The van der Waals surface area contributed by atoms with E-state index in [4.69, 9.17) is 16.2 Å². The molecular weight excluding hydrogens is 254 g/mol. The highest BCUT2D eigenvalue weighted by Gasteiger charge is 2.09. The molecule has 3 rings (SSSR count). The van der Waals surface area contributed by atoms with Gasteiger partial charge in [-0.15, -0.1) is 0 Å². The third-order valence-electron chi connectivity index (χ3n) is 3.17. The number of aromatic nitrogens is 3. The van der Waals surface area contributed by atoms with Crippen LogP contribution in [-0.2, 0) is 6.54 Å². The molecule has 102 valence electrons. The van der Waals surface area contributed by atoms with Crippen LogP contribution in [0, 0.1) is 0 Å². The van der Waals surface area contributed by atoms with Gasteiger partial charge in [-0.2, -0.15) is 4.98 Å². The zero-order valence-corrected chi connectivity index (χ0v) is 11.1. The molecule has 1 aromatic carbocycles. The maximum atomic E-state index is 5.93. The molecule has 6 nitrogen and oxygen atoms in total. The number of nitrogens with two attached hydrogens (primary N) is 2. The zero-order chi connectivity index (χ0) is 14.1. The molecule has 0 atom stereocenters. The molecule has 0 aliphatic carbocycles. The highest BCUT2D eigenvalue weighted by atomic mass is 16.5. The number of methoxy groups -OCH3 is 1. The lowest BCUT2D eigenvalue weighted by molar-refractivity contribution is 0.414. The van der Waals surface area contributed by atoms with Crippen molar-refractivity contribution in [2.45, 2.75) is 6.54 Å². The fourth-order valence-electron chi connectivity index (χ4n) is 2.21. The van der Waals surface area contributed by atoms with Gasteiger partial charge < -0.3 is 20.8 Å². The number of benzene rings is 1. The van der Waals surface area contributed by atoms with E-state index in [0.29, 0.717) is 12.4 Å². The summed E-state index contributed by atoms with van der Waals surface area (Å²) < 4.78 is 7.15. The lowest BCUT2D eigenvalue weighted by Crippen LogP contribution is -2.04. The molecule has 0 spiro atoms. The van der Waals surface area contributed by atoms with Crippen molar-refractivity contribution in [1.29, 1.82) is 0 Å². The number of nitrogens with zero attached hydrogens (tertiary/aromatic N) is 3. The van der Waals surface area contributed by atoms with Gasteiger partial charge in [0.05, 0.1) is 12.6 Å². The van der Waals surface area contributed by atoms with Crippen LogP contribution in [0.2, 0.25) is 0 Å². The SMILES string of the molecule is COc1ccc(Cn2ccc3nc(N)nc(N)c32)cc1. The predicted molar refractivity (Wildman–Crippen MR) is 78.4 cm³/mol. The van der Waals surface area contributed by atoms with Crippen LogP contribution in [0.15, 0.2) is 36.5 Å². The zero-order valence-electron chi connectivity index (χ0n) is 11.1. The van der Waals surface area contributed by atoms with E-state index in [-0.39, 0.29) is 5.95 Å². The van der Waals surface area contributed by atoms with Gasteiger partial charge in [0.2, 0.25) is 5.95 Å². The summed E-state index contributed by atoms with van der Waals surface area (Å²) in [7, 11) is 1.65.